The number of aryl methyl sites for hydroxylation is 1. The molecule has 2 heterocycles. The van der Waals surface area contributed by atoms with Crippen LogP contribution in [-0.4, -0.2) is 14.5 Å². The number of aromatic nitrogens is 3. The summed E-state index contributed by atoms with van der Waals surface area (Å²) in [6, 6.07) is 15.0. The molecule has 0 spiro atoms. The van der Waals surface area contributed by atoms with Crippen molar-refractivity contribution in [2.45, 2.75) is 20.1 Å². The van der Waals surface area contributed by atoms with E-state index in [1.165, 1.54) is 6.07 Å². The molecule has 0 amide bonds. The first kappa shape index (κ1) is 15.0. The molecule has 0 saturated heterocycles. The van der Waals surface area contributed by atoms with E-state index in [2.05, 4.69) is 9.97 Å². The molecule has 3 aromatic rings. The van der Waals surface area contributed by atoms with Crippen LogP contribution < -0.4 is 10.3 Å². The van der Waals surface area contributed by atoms with Crippen molar-refractivity contribution >= 4 is 0 Å². The van der Waals surface area contributed by atoms with Gasteiger partial charge in [-0.25, -0.2) is 9.97 Å². The molecule has 23 heavy (non-hydrogen) atoms. The standard InChI is InChI=1S/C18H17N3O2/c1-14-10-16(23-13-17-19-8-5-9-20-17)11-18(22)21(14)12-15-6-3-2-4-7-15/h2-11H,12-13H2,1H3. The van der Waals surface area contributed by atoms with Gasteiger partial charge in [0.25, 0.3) is 5.56 Å². The van der Waals surface area contributed by atoms with Gasteiger partial charge < -0.3 is 9.30 Å². The van der Waals surface area contributed by atoms with Crippen molar-refractivity contribution in [2.24, 2.45) is 0 Å². The Morgan fingerprint density at radius 2 is 1.78 bits per heavy atom. The van der Waals surface area contributed by atoms with Crippen LogP contribution in [0.5, 0.6) is 5.75 Å². The predicted molar refractivity (Wildman–Crippen MR) is 87.3 cm³/mol. The fourth-order valence-corrected chi connectivity index (χ4v) is 2.30. The molecule has 0 saturated carbocycles. The van der Waals surface area contributed by atoms with Crippen molar-refractivity contribution in [2.75, 3.05) is 0 Å². The number of rotatable bonds is 5. The van der Waals surface area contributed by atoms with Gasteiger partial charge in [0.15, 0.2) is 5.82 Å². The van der Waals surface area contributed by atoms with Crippen LogP contribution >= 0.6 is 0 Å². The van der Waals surface area contributed by atoms with E-state index in [0.717, 1.165) is 11.3 Å². The maximum Gasteiger partial charge on any atom is 0.254 e. The van der Waals surface area contributed by atoms with Gasteiger partial charge in [-0.1, -0.05) is 30.3 Å². The van der Waals surface area contributed by atoms with Gasteiger partial charge in [0.2, 0.25) is 0 Å². The molecule has 0 N–H and O–H groups in total. The molecule has 2 aromatic heterocycles. The first-order valence-corrected chi connectivity index (χ1v) is 7.36. The van der Waals surface area contributed by atoms with Gasteiger partial charge in [0.1, 0.15) is 12.4 Å². The fraction of sp³-hybridized carbons (Fsp3) is 0.167. The summed E-state index contributed by atoms with van der Waals surface area (Å²) < 4.78 is 7.34. The second-order valence-electron chi connectivity index (χ2n) is 5.20. The Labute approximate surface area is 134 Å². The summed E-state index contributed by atoms with van der Waals surface area (Å²) >= 11 is 0. The number of benzene rings is 1. The lowest BCUT2D eigenvalue weighted by atomic mass is 10.2. The predicted octanol–water partition coefficient (Wildman–Crippen LogP) is 2.57. The number of hydrogen-bond acceptors (Lipinski definition) is 4. The van der Waals surface area contributed by atoms with Crippen molar-refractivity contribution in [3.63, 3.8) is 0 Å². The van der Waals surface area contributed by atoms with E-state index in [1.54, 1.807) is 23.0 Å². The Kier molecular flexibility index (Phi) is 4.47. The molecular formula is C18H17N3O2. The van der Waals surface area contributed by atoms with Crippen molar-refractivity contribution in [1.29, 1.82) is 0 Å². The maximum absolute atomic E-state index is 12.3. The summed E-state index contributed by atoms with van der Waals surface area (Å²) in [5.74, 6) is 1.11. The average molecular weight is 307 g/mol. The van der Waals surface area contributed by atoms with E-state index in [4.69, 9.17) is 4.74 Å². The summed E-state index contributed by atoms with van der Waals surface area (Å²) in [5.41, 5.74) is 1.85. The molecule has 0 atom stereocenters. The van der Waals surface area contributed by atoms with E-state index in [0.29, 0.717) is 18.1 Å². The summed E-state index contributed by atoms with van der Waals surface area (Å²) in [4.78, 5) is 20.5. The first-order chi connectivity index (χ1) is 11.2. The molecule has 0 aliphatic heterocycles. The minimum absolute atomic E-state index is 0.0853. The molecule has 116 valence electrons. The van der Waals surface area contributed by atoms with E-state index in [-0.39, 0.29) is 12.2 Å². The largest absolute Gasteiger partial charge is 0.485 e. The topological polar surface area (TPSA) is 57.0 Å². The van der Waals surface area contributed by atoms with Crippen LogP contribution in [0.4, 0.5) is 0 Å². The third-order valence-electron chi connectivity index (χ3n) is 3.48. The molecule has 0 fully saturated rings. The lowest BCUT2D eigenvalue weighted by molar-refractivity contribution is 0.294. The van der Waals surface area contributed by atoms with Gasteiger partial charge in [0, 0.05) is 24.2 Å². The third-order valence-corrected chi connectivity index (χ3v) is 3.48. The normalized spacial score (nSPS) is 10.5. The van der Waals surface area contributed by atoms with Gasteiger partial charge in [-0.15, -0.1) is 0 Å². The highest BCUT2D eigenvalue weighted by molar-refractivity contribution is 5.25. The summed E-state index contributed by atoms with van der Waals surface area (Å²) in [7, 11) is 0. The Bertz CT molecular complexity index is 830. The number of hydrogen-bond donors (Lipinski definition) is 0. The van der Waals surface area contributed by atoms with E-state index in [1.807, 2.05) is 43.3 Å². The molecular weight excluding hydrogens is 290 g/mol. The molecule has 0 radical (unpaired) electrons. The highest BCUT2D eigenvalue weighted by Crippen LogP contribution is 2.12. The Morgan fingerprint density at radius 3 is 2.48 bits per heavy atom. The van der Waals surface area contributed by atoms with E-state index in [9.17, 15) is 4.79 Å². The van der Waals surface area contributed by atoms with Crippen LogP contribution in [0.15, 0.2) is 65.7 Å². The van der Waals surface area contributed by atoms with Gasteiger partial charge in [0.05, 0.1) is 6.54 Å². The SMILES string of the molecule is Cc1cc(OCc2ncccn2)cc(=O)n1Cc1ccccc1. The third kappa shape index (κ3) is 3.83. The van der Waals surface area contributed by atoms with Crippen molar-refractivity contribution in [3.8, 4) is 5.75 Å². The minimum Gasteiger partial charge on any atom is -0.485 e. The minimum atomic E-state index is -0.0853. The zero-order chi connectivity index (χ0) is 16.1. The van der Waals surface area contributed by atoms with Gasteiger partial charge in [-0.3, -0.25) is 4.79 Å². The number of ether oxygens (including phenoxy) is 1. The van der Waals surface area contributed by atoms with Crippen LogP contribution in [0.1, 0.15) is 17.1 Å². The zero-order valence-electron chi connectivity index (χ0n) is 12.8. The molecule has 0 unspecified atom stereocenters. The molecule has 5 heteroatoms. The van der Waals surface area contributed by atoms with Crippen molar-refractivity contribution < 1.29 is 4.74 Å². The van der Waals surface area contributed by atoms with Crippen LogP contribution in [0.25, 0.3) is 0 Å². The van der Waals surface area contributed by atoms with E-state index >= 15 is 0 Å². The van der Waals surface area contributed by atoms with Crippen molar-refractivity contribution in [3.05, 3.63) is 88.4 Å². The highest BCUT2D eigenvalue weighted by Gasteiger charge is 2.06. The summed E-state index contributed by atoms with van der Waals surface area (Å²) in [6.45, 7) is 2.69. The average Bonchev–Trinajstić information content (AvgIpc) is 2.58. The van der Waals surface area contributed by atoms with Gasteiger partial charge >= 0.3 is 0 Å². The van der Waals surface area contributed by atoms with E-state index < -0.39 is 0 Å². The van der Waals surface area contributed by atoms with Crippen LogP contribution in [0, 0.1) is 6.92 Å². The van der Waals surface area contributed by atoms with Gasteiger partial charge in [-0.2, -0.15) is 0 Å². The lowest BCUT2D eigenvalue weighted by Crippen LogP contribution is -2.22. The summed E-state index contributed by atoms with van der Waals surface area (Å²) in [6.07, 6.45) is 3.32. The van der Waals surface area contributed by atoms with Crippen LogP contribution in [-0.2, 0) is 13.2 Å². The molecule has 3 rings (SSSR count). The zero-order valence-corrected chi connectivity index (χ0v) is 12.8. The second kappa shape index (κ2) is 6.87. The molecule has 0 aliphatic carbocycles. The quantitative estimate of drug-likeness (QED) is 0.727. The lowest BCUT2D eigenvalue weighted by Gasteiger charge is -2.12. The summed E-state index contributed by atoms with van der Waals surface area (Å²) in [5, 5.41) is 0. The number of nitrogens with zero attached hydrogens (tertiary/aromatic N) is 3. The first-order valence-electron chi connectivity index (χ1n) is 7.36. The maximum atomic E-state index is 12.3. The molecule has 0 aliphatic rings. The highest BCUT2D eigenvalue weighted by atomic mass is 16.5. The van der Waals surface area contributed by atoms with Gasteiger partial charge in [-0.05, 0) is 24.6 Å². The monoisotopic (exact) mass is 307 g/mol. The second-order valence-corrected chi connectivity index (χ2v) is 5.20. The number of pyridine rings is 1. The molecule has 0 bridgehead atoms. The van der Waals surface area contributed by atoms with Crippen LogP contribution in [0.3, 0.4) is 0 Å². The Morgan fingerprint density at radius 1 is 1.04 bits per heavy atom. The van der Waals surface area contributed by atoms with Crippen LogP contribution in [0.2, 0.25) is 0 Å². The fourth-order valence-electron chi connectivity index (χ4n) is 2.30. The molecule has 5 nitrogen and oxygen atoms in total. The molecule has 1 aromatic carbocycles. The smallest absolute Gasteiger partial charge is 0.254 e. The Balaban J connectivity index is 1.76. The Hall–Kier alpha value is -2.95. The van der Waals surface area contributed by atoms with Crippen molar-refractivity contribution in [1.82, 2.24) is 14.5 Å².